The fraction of sp³-hybridized carbons (Fsp3) is 0.0909. The van der Waals surface area contributed by atoms with Gasteiger partial charge in [0.05, 0.1) is 10.6 Å². The van der Waals surface area contributed by atoms with E-state index in [0.717, 1.165) is 5.56 Å². The van der Waals surface area contributed by atoms with E-state index in [1.54, 1.807) is 19.2 Å². The molecule has 0 fully saturated rings. The van der Waals surface area contributed by atoms with Gasteiger partial charge in [-0.05, 0) is 24.6 Å². The molecule has 0 aliphatic rings. The standard InChI is InChI=1S/C11H13N5O2S/c1-8-7-13-4-3-10(8)16-19(17,18)9-2-5-14-11(6-9)15-12/h2-7H,12H2,1H3,(H,13,16)(H,14,15). The molecule has 2 aromatic heterocycles. The average Bonchev–Trinajstić information content (AvgIpc) is 2.41. The highest BCUT2D eigenvalue weighted by Gasteiger charge is 2.15. The third-order valence-corrected chi connectivity index (χ3v) is 3.82. The van der Waals surface area contributed by atoms with Crippen molar-refractivity contribution in [3.63, 3.8) is 0 Å². The van der Waals surface area contributed by atoms with E-state index in [2.05, 4.69) is 20.1 Å². The molecule has 0 spiro atoms. The highest BCUT2D eigenvalue weighted by molar-refractivity contribution is 7.92. The summed E-state index contributed by atoms with van der Waals surface area (Å²) in [6, 6.07) is 4.33. The minimum Gasteiger partial charge on any atom is -0.308 e. The van der Waals surface area contributed by atoms with E-state index in [1.165, 1.54) is 24.5 Å². The third kappa shape index (κ3) is 2.98. The summed E-state index contributed by atoms with van der Waals surface area (Å²) in [5.74, 6) is 5.48. The van der Waals surface area contributed by atoms with E-state index in [1.807, 2.05) is 0 Å². The Kier molecular flexibility index (Phi) is 3.63. The van der Waals surface area contributed by atoms with Gasteiger partial charge in [-0.1, -0.05) is 0 Å². The Labute approximate surface area is 110 Å². The second kappa shape index (κ2) is 5.21. The second-order valence-corrected chi connectivity index (χ2v) is 5.50. The van der Waals surface area contributed by atoms with Crippen molar-refractivity contribution in [1.82, 2.24) is 9.97 Å². The number of hydrogen-bond acceptors (Lipinski definition) is 6. The molecule has 2 heterocycles. The number of hydrogen-bond donors (Lipinski definition) is 3. The van der Waals surface area contributed by atoms with E-state index in [0.29, 0.717) is 5.69 Å². The van der Waals surface area contributed by atoms with E-state index in [9.17, 15) is 8.42 Å². The van der Waals surface area contributed by atoms with Crippen molar-refractivity contribution in [2.75, 3.05) is 10.1 Å². The van der Waals surface area contributed by atoms with Gasteiger partial charge in [0.15, 0.2) is 0 Å². The number of aromatic nitrogens is 2. The summed E-state index contributed by atoms with van der Waals surface area (Å²) in [5, 5.41) is 0. The highest BCUT2D eigenvalue weighted by Crippen LogP contribution is 2.19. The first kappa shape index (κ1) is 13.2. The van der Waals surface area contributed by atoms with Gasteiger partial charge in [-0.3, -0.25) is 9.71 Å². The van der Waals surface area contributed by atoms with Gasteiger partial charge < -0.3 is 5.43 Å². The van der Waals surface area contributed by atoms with Gasteiger partial charge >= 0.3 is 0 Å². The van der Waals surface area contributed by atoms with Crippen LogP contribution in [0.5, 0.6) is 0 Å². The molecule has 0 unspecified atom stereocenters. The van der Waals surface area contributed by atoms with Crippen LogP contribution in [0.25, 0.3) is 0 Å². The zero-order valence-electron chi connectivity index (χ0n) is 10.2. The van der Waals surface area contributed by atoms with Crippen molar-refractivity contribution in [3.05, 3.63) is 42.4 Å². The summed E-state index contributed by atoms with van der Waals surface area (Å²) in [6.45, 7) is 1.77. The van der Waals surface area contributed by atoms with E-state index in [-0.39, 0.29) is 10.7 Å². The molecule has 0 saturated carbocycles. The van der Waals surface area contributed by atoms with Gasteiger partial charge in [0.2, 0.25) is 0 Å². The summed E-state index contributed by atoms with van der Waals surface area (Å²) in [6.07, 6.45) is 4.46. The Morgan fingerprint density at radius 2 is 2.05 bits per heavy atom. The Hall–Kier alpha value is -2.19. The first-order valence-corrected chi connectivity index (χ1v) is 6.87. The summed E-state index contributed by atoms with van der Waals surface area (Å²) >= 11 is 0. The first-order valence-electron chi connectivity index (χ1n) is 5.39. The van der Waals surface area contributed by atoms with Gasteiger partial charge in [0.1, 0.15) is 5.82 Å². The zero-order valence-corrected chi connectivity index (χ0v) is 11.0. The van der Waals surface area contributed by atoms with Crippen LogP contribution in [0.4, 0.5) is 11.5 Å². The number of nitrogens with zero attached hydrogens (tertiary/aromatic N) is 2. The molecule has 2 aromatic rings. The SMILES string of the molecule is Cc1cnccc1NS(=O)(=O)c1ccnc(NN)c1. The Bertz CT molecular complexity index is 687. The van der Waals surface area contributed by atoms with Crippen LogP contribution >= 0.6 is 0 Å². The number of aryl methyl sites for hydroxylation is 1. The third-order valence-electron chi connectivity index (χ3n) is 2.45. The summed E-state index contributed by atoms with van der Waals surface area (Å²) < 4.78 is 26.9. The van der Waals surface area contributed by atoms with Crippen LogP contribution in [0.2, 0.25) is 0 Å². The molecule has 0 saturated heterocycles. The largest absolute Gasteiger partial charge is 0.308 e. The maximum atomic E-state index is 12.2. The summed E-state index contributed by atoms with van der Waals surface area (Å²) in [4.78, 5) is 7.84. The number of pyridine rings is 2. The molecule has 7 nitrogen and oxygen atoms in total. The van der Waals surface area contributed by atoms with Gasteiger partial charge in [-0.15, -0.1) is 0 Å². The lowest BCUT2D eigenvalue weighted by molar-refractivity contribution is 0.601. The number of nitrogen functional groups attached to an aromatic ring is 1. The molecule has 19 heavy (non-hydrogen) atoms. The first-order chi connectivity index (χ1) is 9.03. The van der Waals surface area contributed by atoms with Crippen molar-refractivity contribution in [1.29, 1.82) is 0 Å². The molecule has 0 atom stereocenters. The molecule has 8 heteroatoms. The zero-order chi connectivity index (χ0) is 13.9. The average molecular weight is 279 g/mol. The van der Waals surface area contributed by atoms with Gasteiger partial charge in [-0.25, -0.2) is 19.2 Å². The molecule has 100 valence electrons. The maximum absolute atomic E-state index is 12.2. The minimum absolute atomic E-state index is 0.0756. The van der Waals surface area contributed by atoms with Crippen LogP contribution < -0.4 is 16.0 Å². The number of nitrogens with two attached hydrogens (primary N) is 1. The second-order valence-electron chi connectivity index (χ2n) is 3.82. The fourth-order valence-electron chi connectivity index (χ4n) is 1.45. The predicted molar refractivity (Wildman–Crippen MR) is 71.8 cm³/mol. The lowest BCUT2D eigenvalue weighted by Gasteiger charge is -2.10. The molecule has 0 bridgehead atoms. The van der Waals surface area contributed by atoms with Crippen molar-refractivity contribution in [2.24, 2.45) is 5.84 Å². The normalized spacial score (nSPS) is 11.1. The monoisotopic (exact) mass is 279 g/mol. The maximum Gasteiger partial charge on any atom is 0.262 e. The predicted octanol–water partition coefficient (Wildman–Crippen LogP) is 0.871. The van der Waals surface area contributed by atoms with Gasteiger partial charge in [0, 0.05) is 24.7 Å². The van der Waals surface area contributed by atoms with Crippen molar-refractivity contribution in [2.45, 2.75) is 11.8 Å². The minimum atomic E-state index is -3.68. The Morgan fingerprint density at radius 3 is 2.74 bits per heavy atom. The number of nitrogens with one attached hydrogen (secondary N) is 2. The molecule has 0 radical (unpaired) electrons. The molecular weight excluding hydrogens is 266 g/mol. The molecular formula is C11H13N5O2S. The topological polar surface area (TPSA) is 110 Å². The number of rotatable bonds is 4. The molecule has 0 aromatic carbocycles. The number of sulfonamides is 1. The van der Waals surface area contributed by atoms with Crippen LogP contribution in [-0.2, 0) is 10.0 Å². The fourth-order valence-corrected chi connectivity index (χ4v) is 2.59. The summed E-state index contributed by atoms with van der Waals surface area (Å²) in [7, 11) is -3.68. The van der Waals surface area contributed by atoms with Crippen LogP contribution in [0.15, 0.2) is 41.7 Å². The molecule has 0 amide bonds. The molecule has 2 rings (SSSR count). The van der Waals surface area contributed by atoms with Crippen LogP contribution in [0, 0.1) is 6.92 Å². The lowest BCUT2D eigenvalue weighted by Crippen LogP contribution is -2.15. The highest BCUT2D eigenvalue weighted by atomic mass is 32.2. The quantitative estimate of drug-likeness (QED) is 0.566. The molecule has 0 aliphatic heterocycles. The van der Waals surface area contributed by atoms with E-state index in [4.69, 9.17) is 5.84 Å². The summed E-state index contributed by atoms with van der Waals surface area (Å²) in [5.41, 5.74) is 3.52. The molecule has 4 N–H and O–H groups in total. The number of hydrazine groups is 1. The lowest BCUT2D eigenvalue weighted by atomic mass is 10.3. The van der Waals surface area contributed by atoms with Crippen LogP contribution in [0.1, 0.15) is 5.56 Å². The Morgan fingerprint density at radius 1 is 1.26 bits per heavy atom. The van der Waals surface area contributed by atoms with Crippen molar-refractivity contribution < 1.29 is 8.42 Å². The van der Waals surface area contributed by atoms with Crippen molar-refractivity contribution >= 4 is 21.5 Å². The van der Waals surface area contributed by atoms with Gasteiger partial charge in [0.25, 0.3) is 10.0 Å². The van der Waals surface area contributed by atoms with E-state index < -0.39 is 10.0 Å². The Balaban J connectivity index is 2.35. The molecule has 0 aliphatic carbocycles. The van der Waals surface area contributed by atoms with Gasteiger partial charge in [-0.2, -0.15) is 0 Å². The van der Waals surface area contributed by atoms with Crippen molar-refractivity contribution in [3.8, 4) is 0 Å². The van der Waals surface area contributed by atoms with E-state index >= 15 is 0 Å². The van der Waals surface area contributed by atoms with Crippen LogP contribution in [-0.4, -0.2) is 18.4 Å². The number of anilines is 2. The van der Waals surface area contributed by atoms with Crippen LogP contribution in [0.3, 0.4) is 0 Å². The smallest absolute Gasteiger partial charge is 0.262 e.